The molecule has 2 unspecified atom stereocenters. The number of rotatable bonds is 2. The number of hydrogen-bond acceptors (Lipinski definition) is 16. The fourth-order valence-corrected chi connectivity index (χ4v) is 8.74. The summed E-state index contributed by atoms with van der Waals surface area (Å²) >= 11 is 0. The number of carbonyl (C=O) groups excluding carboxylic acids is 1. The number of likely N-dealkylation sites (N-methyl/N-ethyl adjacent to an activating group) is 5. The predicted molar refractivity (Wildman–Crippen MR) is 274 cm³/mol. The highest BCUT2D eigenvalue weighted by atomic mass is 16.5. The Bertz CT molecular complexity index is 1240. The van der Waals surface area contributed by atoms with Gasteiger partial charge in [0, 0.05) is 122 Å². The molecule has 1 saturated carbocycles. The minimum Gasteiger partial charge on any atom is -0.481 e. The van der Waals surface area contributed by atoms with Crippen LogP contribution in [0.4, 0.5) is 0 Å². The van der Waals surface area contributed by atoms with Crippen LogP contribution in [0.1, 0.15) is 65.2 Å². The number of piperidine rings is 3. The van der Waals surface area contributed by atoms with Gasteiger partial charge >= 0.3 is 5.97 Å². The highest BCUT2D eigenvalue weighted by Crippen LogP contribution is 2.36. The predicted octanol–water partition coefficient (Wildman–Crippen LogP) is -0.231. The summed E-state index contributed by atoms with van der Waals surface area (Å²) in [5.74, 6) is -0.638. The molecule has 396 valence electrons. The standard InChI is InChI=1S/C8H18N2.C7H14N2.C7H13NO2.2C6H14N2.C6H13NO.C5H9NO2.C4H9NO/c1-9(2)8-4-6-10(3)7-5-8;1-9-5-4-8-7(6-9)2-3-7;1-8-4-2-6(3-5-8)7(9)10;1-6-5-8(2)4-3-7-6;1-6-5-7-3-4-8(6)2;1-7-4-2-6(8)3-5-7;1-6-2-3-8-4-5(6)7;1-5-2-4(6)3-5/h8H,4-7H2,1-3H3;8H,2-6H2,1H3;6H,2-5H2,1H3,(H,9,10);2*6-7H,3-5H2,1-2H3;6,8H,2-5H2,1H3;2-4H2,1H3;4,6H,2-3H2,1H3. The molecule has 0 aromatic rings. The van der Waals surface area contributed by atoms with Crippen molar-refractivity contribution in [3.8, 4) is 0 Å². The molecule has 8 saturated heterocycles. The zero-order valence-electron chi connectivity index (χ0n) is 44.9. The van der Waals surface area contributed by atoms with Crippen molar-refractivity contribution in [2.75, 3.05) is 201 Å². The first-order valence-electron chi connectivity index (χ1n) is 25.8. The Kier molecular flexibility index (Phi) is 31.1. The van der Waals surface area contributed by atoms with Gasteiger partial charge in [-0.1, -0.05) is 0 Å². The number of β-amino-alcohol motifs (C(OH)–C–C–N with tert-alkyl or cyclic N) is 1. The number of piperazine rings is 3. The number of aliphatic hydroxyl groups excluding tert-OH is 2. The van der Waals surface area contributed by atoms with E-state index in [9.17, 15) is 9.59 Å². The summed E-state index contributed by atoms with van der Waals surface area (Å²) in [5.41, 5.74) is 0.576. The minimum atomic E-state index is -0.631. The molecule has 18 nitrogen and oxygen atoms in total. The van der Waals surface area contributed by atoms with Gasteiger partial charge in [-0.25, -0.2) is 0 Å². The summed E-state index contributed by atoms with van der Waals surface area (Å²) in [4.78, 5) is 41.1. The van der Waals surface area contributed by atoms with E-state index in [-0.39, 0.29) is 30.6 Å². The molecule has 8 aliphatic heterocycles. The van der Waals surface area contributed by atoms with E-state index in [1.165, 1.54) is 78.0 Å². The van der Waals surface area contributed by atoms with Crippen molar-refractivity contribution in [3.05, 3.63) is 0 Å². The number of nitrogens with one attached hydrogen (secondary N) is 3. The molecule has 6 N–H and O–H groups in total. The van der Waals surface area contributed by atoms with Crippen molar-refractivity contribution in [2.45, 2.75) is 101 Å². The van der Waals surface area contributed by atoms with Crippen LogP contribution in [0.3, 0.4) is 0 Å². The van der Waals surface area contributed by atoms with Gasteiger partial charge in [0.15, 0.2) is 0 Å². The van der Waals surface area contributed by atoms with Crippen LogP contribution >= 0.6 is 0 Å². The third-order valence-electron chi connectivity index (χ3n) is 14.3. The number of likely N-dealkylation sites (tertiary alicyclic amines) is 4. The maximum Gasteiger partial charge on any atom is 0.306 e. The zero-order chi connectivity index (χ0) is 49.9. The fraction of sp³-hybridized carbons (Fsp3) is 0.959. The van der Waals surface area contributed by atoms with E-state index in [1.54, 1.807) is 11.9 Å². The smallest absolute Gasteiger partial charge is 0.306 e. The quantitative estimate of drug-likeness (QED) is 0.215. The molecule has 0 radical (unpaired) electrons. The monoisotopic (exact) mass is 957 g/mol. The number of amides is 1. The van der Waals surface area contributed by atoms with Crippen LogP contribution in [0.25, 0.3) is 0 Å². The summed E-state index contributed by atoms with van der Waals surface area (Å²) in [6.07, 6.45) is 8.95. The molecule has 18 heteroatoms. The molecule has 0 aromatic heterocycles. The Morgan fingerprint density at radius 1 is 0.657 bits per heavy atom. The van der Waals surface area contributed by atoms with Gasteiger partial charge in [0.1, 0.15) is 6.61 Å². The molecule has 0 aromatic carbocycles. The highest BCUT2D eigenvalue weighted by molar-refractivity contribution is 5.77. The van der Waals surface area contributed by atoms with E-state index in [2.05, 4.69) is 118 Å². The Labute approximate surface area is 409 Å². The molecule has 0 bridgehead atoms. The topological polar surface area (TPSA) is 169 Å². The Hall–Kier alpha value is -1.62. The number of carboxylic acid groups (broad SMARTS) is 1. The molecule has 1 spiro atoms. The molecule has 9 rings (SSSR count). The van der Waals surface area contributed by atoms with Gasteiger partial charge in [0.25, 0.3) is 0 Å². The molecule has 1 aliphatic carbocycles. The average molecular weight is 957 g/mol. The Morgan fingerprint density at radius 2 is 1.21 bits per heavy atom. The van der Waals surface area contributed by atoms with Gasteiger partial charge in [-0.3, -0.25) is 9.59 Å². The first kappa shape index (κ1) is 61.5. The van der Waals surface area contributed by atoms with Crippen molar-refractivity contribution in [2.24, 2.45) is 5.92 Å². The Morgan fingerprint density at radius 3 is 1.54 bits per heavy atom. The fourth-order valence-electron chi connectivity index (χ4n) is 8.74. The molecule has 9 fully saturated rings. The van der Waals surface area contributed by atoms with Gasteiger partial charge in [0.2, 0.25) is 5.91 Å². The van der Waals surface area contributed by atoms with Crippen LogP contribution in [0, 0.1) is 5.92 Å². The molecule has 67 heavy (non-hydrogen) atoms. The molecule has 8 heterocycles. The number of morpholine rings is 1. The summed E-state index contributed by atoms with van der Waals surface area (Å²) in [6, 6.07) is 2.24. The van der Waals surface area contributed by atoms with Crippen molar-refractivity contribution < 1.29 is 29.6 Å². The lowest BCUT2D eigenvalue weighted by Crippen LogP contribution is -2.50. The van der Waals surface area contributed by atoms with Crippen molar-refractivity contribution in [3.63, 3.8) is 0 Å². The van der Waals surface area contributed by atoms with E-state index in [4.69, 9.17) is 20.1 Å². The second kappa shape index (κ2) is 33.9. The lowest BCUT2D eigenvalue weighted by molar-refractivity contribution is -0.143. The van der Waals surface area contributed by atoms with Crippen LogP contribution in [-0.2, 0) is 14.3 Å². The molecule has 9 aliphatic rings. The van der Waals surface area contributed by atoms with Crippen LogP contribution in [-0.4, -0.2) is 309 Å². The number of carboxylic acids is 1. The molecular formula is C49H104N12O6. The van der Waals surface area contributed by atoms with E-state index in [0.717, 1.165) is 103 Å². The van der Waals surface area contributed by atoms with E-state index >= 15 is 0 Å². The van der Waals surface area contributed by atoms with Crippen LogP contribution in [0.5, 0.6) is 0 Å². The van der Waals surface area contributed by atoms with Gasteiger partial charge < -0.3 is 80.1 Å². The second-order valence-corrected chi connectivity index (χ2v) is 21.3. The maximum atomic E-state index is 10.6. The van der Waals surface area contributed by atoms with E-state index < -0.39 is 5.97 Å². The summed E-state index contributed by atoms with van der Waals surface area (Å²) in [5, 5.41) is 36.4. The normalized spacial score (nSPS) is 27.4. The summed E-state index contributed by atoms with van der Waals surface area (Å²) in [7, 11) is 21.0. The van der Waals surface area contributed by atoms with E-state index in [1.807, 2.05) is 14.1 Å². The van der Waals surface area contributed by atoms with Crippen LogP contribution in [0.15, 0.2) is 0 Å². The lowest BCUT2D eigenvalue weighted by Gasteiger charge is -2.32. The van der Waals surface area contributed by atoms with Gasteiger partial charge in [-0.05, 0) is 155 Å². The number of carbonyl (C=O) groups is 2. The molecule has 1 amide bonds. The number of ether oxygens (including phenoxy) is 1. The van der Waals surface area contributed by atoms with Gasteiger partial charge in [-0.2, -0.15) is 0 Å². The van der Waals surface area contributed by atoms with Crippen molar-refractivity contribution in [1.82, 2.24) is 60.0 Å². The molecular weight excluding hydrogens is 853 g/mol. The number of aliphatic hydroxyl groups is 2. The largest absolute Gasteiger partial charge is 0.481 e. The third-order valence-corrected chi connectivity index (χ3v) is 14.3. The highest BCUT2D eigenvalue weighted by Gasteiger charge is 2.44. The summed E-state index contributed by atoms with van der Waals surface area (Å²) < 4.78 is 4.86. The van der Waals surface area contributed by atoms with E-state index in [0.29, 0.717) is 18.2 Å². The third kappa shape index (κ3) is 28.7. The van der Waals surface area contributed by atoms with Crippen molar-refractivity contribution >= 4 is 11.9 Å². The maximum absolute atomic E-state index is 10.6. The Balaban J connectivity index is 0.000000264. The number of hydrogen-bond donors (Lipinski definition) is 6. The summed E-state index contributed by atoms with van der Waals surface area (Å²) in [6.45, 7) is 25.1. The van der Waals surface area contributed by atoms with Gasteiger partial charge in [0.05, 0.1) is 24.7 Å². The van der Waals surface area contributed by atoms with Gasteiger partial charge in [-0.15, -0.1) is 0 Å². The average Bonchev–Trinajstić information content (AvgIpc) is 4.02. The molecule has 2 atom stereocenters. The minimum absolute atomic E-state index is 0.0220. The number of nitrogens with zero attached hydrogens (tertiary/aromatic N) is 9. The lowest BCUT2D eigenvalue weighted by atomic mass is 9.98. The van der Waals surface area contributed by atoms with Crippen LogP contribution < -0.4 is 16.0 Å². The second-order valence-electron chi connectivity index (χ2n) is 21.3. The first-order valence-corrected chi connectivity index (χ1v) is 25.8. The first-order chi connectivity index (χ1) is 31.7. The van der Waals surface area contributed by atoms with Crippen molar-refractivity contribution in [1.29, 1.82) is 0 Å². The number of aliphatic carboxylic acids is 1. The SMILES string of the molecule is CC1CN(C)CCN1.CC1CNCCN1C.CN1CC(O)C1.CN1CCC(C(=O)O)CC1.CN1CCC(N(C)C)CC1.CN1CCC(O)CC1.CN1CCNC2(CC2)C1.CN1CCOCC1=O. The van der Waals surface area contributed by atoms with Crippen LogP contribution in [0.2, 0.25) is 0 Å². The zero-order valence-corrected chi connectivity index (χ0v) is 44.9.